The lowest BCUT2D eigenvalue weighted by Gasteiger charge is -2.39. The molecule has 3 aliphatic rings. The molecule has 6 nitrogen and oxygen atoms in total. The SMILES string of the molecule is O=C(CN1CCOCC1)N1CC[C@@H]2[C@H]1c1cc(Br)ccc1N[C@@H]2CO. The van der Waals surface area contributed by atoms with E-state index in [-0.39, 0.29) is 30.5 Å². The zero-order valence-corrected chi connectivity index (χ0v) is 15.7. The molecule has 4 rings (SSSR count). The van der Waals surface area contributed by atoms with Crippen molar-refractivity contribution >= 4 is 27.5 Å². The molecule has 0 bridgehead atoms. The minimum Gasteiger partial charge on any atom is -0.394 e. The maximum Gasteiger partial charge on any atom is 0.237 e. The summed E-state index contributed by atoms with van der Waals surface area (Å²) in [5.74, 6) is 0.430. The van der Waals surface area contributed by atoms with Crippen LogP contribution in [0, 0.1) is 5.92 Å². The number of carbonyl (C=O) groups is 1. The largest absolute Gasteiger partial charge is 0.394 e. The first-order valence-corrected chi connectivity index (χ1v) is 9.73. The summed E-state index contributed by atoms with van der Waals surface area (Å²) < 4.78 is 6.39. The fourth-order valence-corrected chi connectivity index (χ4v) is 4.73. The molecule has 25 heavy (non-hydrogen) atoms. The fourth-order valence-electron chi connectivity index (χ4n) is 4.35. The van der Waals surface area contributed by atoms with Crippen molar-refractivity contribution in [2.24, 2.45) is 5.92 Å². The lowest BCUT2D eigenvalue weighted by Crippen LogP contribution is -2.47. The summed E-state index contributed by atoms with van der Waals surface area (Å²) in [6.45, 7) is 4.32. The molecule has 1 aromatic carbocycles. The lowest BCUT2D eigenvalue weighted by molar-refractivity contribution is -0.134. The number of anilines is 1. The predicted octanol–water partition coefficient (Wildman–Crippen LogP) is 1.46. The van der Waals surface area contributed by atoms with E-state index in [1.807, 2.05) is 17.0 Å². The molecule has 3 atom stereocenters. The molecule has 0 aliphatic carbocycles. The second-order valence-corrected chi connectivity index (χ2v) is 7.95. The number of likely N-dealkylation sites (tertiary alicyclic amines) is 1. The number of aliphatic hydroxyl groups is 1. The first kappa shape index (κ1) is 17.3. The number of aliphatic hydroxyl groups excluding tert-OH is 1. The monoisotopic (exact) mass is 409 g/mol. The van der Waals surface area contributed by atoms with Crippen molar-refractivity contribution in [2.75, 3.05) is 51.3 Å². The summed E-state index contributed by atoms with van der Waals surface area (Å²) in [6, 6.07) is 6.17. The second-order valence-electron chi connectivity index (χ2n) is 7.04. The van der Waals surface area contributed by atoms with Crippen LogP contribution in [0.25, 0.3) is 0 Å². The zero-order chi connectivity index (χ0) is 17.4. The van der Waals surface area contributed by atoms with Crippen LogP contribution in [0.3, 0.4) is 0 Å². The smallest absolute Gasteiger partial charge is 0.237 e. The molecular weight excluding hydrogens is 386 g/mol. The maximum atomic E-state index is 13.0. The average molecular weight is 410 g/mol. The third-order valence-corrected chi connectivity index (χ3v) is 6.11. The molecule has 3 aliphatic heterocycles. The Labute approximate surface area is 156 Å². The molecule has 1 aromatic rings. The van der Waals surface area contributed by atoms with Gasteiger partial charge in [0.05, 0.1) is 38.4 Å². The molecule has 0 saturated carbocycles. The minimum absolute atomic E-state index is 0.000128. The Morgan fingerprint density at radius 3 is 2.88 bits per heavy atom. The first-order valence-electron chi connectivity index (χ1n) is 8.94. The number of amides is 1. The van der Waals surface area contributed by atoms with E-state index >= 15 is 0 Å². The molecule has 0 spiro atoms. The number of fused-ring (bicyclic) bond motifs is 3. The highest BCUT2D eigenvalue weighted by Crippen LogP contribution is 2.47. The Morgan fingerprint density at radius 2 is 2.12 bits per heavy atom. The third kappa shape index (κ3) is 3.30. The van der Waals surface area contributed by atoms with Crippen LogP contribution >= 0.6 is 15.9 Å². The van der Waals surface area contributed by atoms with Gasteiger partial charge in [0.25, 0.3) is 0 Å². The van der Waals surface area contributed by atoms with E-state index in [1.165, 1.54) is 0 Å². The van der Waals surface area contributed by atoms with Crippen LogP contribution in [0.5, 0.6) is 0 Å². The Hall–Kier alpha value is -1.15. The zero-order valence-electron chi connectivity index (χ0n) is 14.2. The molecule has 7 heteroatoms. The van der Waals surface area contributed by atoms with Gasteiger partial charge in [0.1, 0.15) is 0 Å². The summed E-state index contributed by atoms with van der Waals surface area (Å²) in [4.78, 5) is 17.2. The molecule has 2 N–H and O–H groups in total. The number of carbonyl (C=O) groups excluding carboxylic acids is 1. The molecule has 3 heterocycles. The quantitative estimate of drug-likeness (QED) is 0.790. The highest BCUT2D eigenvalue weighted by atomic mass is 79.9. The van der Waals surface area contributed by atoms with E-state index in [9.17, 15) is 9.90 Å². The van der Waals surface area contributed by atoms with Gasteiger partial charge in [-0.15, -0.1) is 0 Å². The van der Waals surface area contributed by atoms with Crippen LogP contribution in [0.15, 0.2) is 22.7 Å². The van der Waals surface area contributed by atoms with Gasteiger partial charge < -0.3 is 20.1 Å². The number of nitrogens with zero attached hydrogens (tertiary/aromatic N) is 2. The Balaban J connectivity index is 1.59. The number of hydrogen-bond donors (Lipinski definition) is 2. The van der Waals surface area contributed by atoms with Crippen molar-refractivity contribution in [1.82, 2.24) is 9.80 Å². The van der Waals surface area contributed by atoms with Crippen molar-refractivity contribution in [3.8, 4) is 0 Å². The Kier molecular flexibility index (Phi) is 4.99. The van der Waals surface area contributed by atoms with Gasteiger partial charge in [0.2, 0.25) is 5.91 Å². The molecular formula is C18H24BrN3O3. The van der Waals surface area contributed by atoms with Crippen molar-refractivity contribution in [3.05, 3.63) is 28.2 Å². The third-order valence-electron chi connectivity index (χ3n) is 5.61. The van der Waals surface area contributed by atoms with Gasteiger partial charge in [0.15, 0.2) is 0 Å². The minimum atomic E-state index is -0.000128. The van der Waals surface area contributed by atoms with Gasteiger partial charge in [-0.1, -0.05) is 15.9 Å². The summed E-state index contributed by atoms with van der Waals surface area (Å²) >= 11 is 3.55. The molecule has 0 aromatic heterocycles. The molecule has 136 valence electrons. The van der Waals surface area contributed by atoms with Crippen molar-refractivity contribution in [3.63, 3.8) is 0 Å². The highest BCUT2D eigenvalue weighted by molar-refractivity contribution is 9.10. The van der Waals surface area contributed by atoms with Gasteiger partial charge in [-0.3, -0.25) is 9.69 Å². The molecule has 0 radical (unpaired) electrons. The van der Waals surface area contributed by atoms with E-state index in [0.29, 0.717) is 19.8 Å². The lowest BCUT2D eigenvalue weighted by atomic mass is 9.83. The van der Waals surface area contributed by atoms with Crippen LogP contribution in [0.2, 0.25) is 0 Å². The van der Waals surface area contributed by atoms with E-state index in [0.717, 1.165) is 41.8 Å². The van der Waals surface area contributed by atoms with Crippen LogP contribution < -0.4 is 5.32 Å². The van der Waals surface area contributed by atoms with E-state index in [1.54, 1.807) is 0 Å². The van der Waals surface area contributed by atoms with E-state index in [4.69, 9.17) is 4.74 Å². The van der Waals surface area contributed by atoms with Crippen molar-refractivity contribution < 1.29 is 14.6 Å². The first-order chi connectivity index (χ1) is 12.2. The van der Waals surface area contributed by atoms with Crippen LogP contribution in [-0.2, 0) is 9.53 Å². The number of nitrogens with one attached hydrogen (secondary N) is 1. The summed E-state index contributed by atoms with van der Waals surface area (Å²) in [5.41, 5.74) is 2.17. The maximum absolute atomic E-state index is 13.0. The van der Waals surface area contributed by atoms with Gasteiger partial charge in [-0.05, 0) is 30.2 Å². The number of ether oxygens (including phenoxy) is 1. The fraction of sp³-hybridized carbons (Fsp3) is 0.611. The average Bonchev–Trinajstić information content (AvgIpc) is 3.07. The number of halogens is 1. The summed E-state index contributed by atoms with van der Waals surface area (Å²) in [7, 11) is 0. The molecule has 2 fully saturated rings. The Morgan fingerprint density at radius 1 is 1.32 bits per heavy atom. The number of morpholine rings is 1. The summed E-state index contributed by atoms with van der Waals surface area (Å²) in [6.07, 6.45) is 0.920. The van der Waals surface area contributed by atoms with Crippen LogP contribution in [0.1, 0.15) is 18.0 Å². The number of hydrogen-bond acceptors (Lipinski definition) is 5. The Bertz CT molecular complexity index is 650. The van der Waals surface area contributed by atoms with Crippen molar-refractivity contribution in [1.29, 1.82) is 0 Å². The van der Waals surface area contributed by atoms with E-state index < -0.39 is 0 Å². The van der Waals surface area contributed by atoms with Gasteiger partial charge in [-0.25, -0.2) is 0 Å². The normalized spacial score (nSPS) is 29.0. The topological polar surface area (TPSA) is 65.0 Å². The molecule has 2 saturated heterocycles. The van der Waals surface area contributed by atoms with Crippen molar-refractivity contribution in [2.45, 2.75) is 18.5 Å². The van der Waals surface area contributed by atoms with Gasteiger partial charge in [0, 0.05) is 35.7 Å². The van der Waals surface area contributed by atoms with Gasteiger partial charge >= 0.3 is 0 Å². The molecule has 0 unspecified atom stereocenters. The number of benzene rings is 1. The van der Waals surface area contributed by atoms with Crippen LogP contribution in [0.4, 0.5) is 5.69 Å². The second kappa shape index (κ2) is 7.23. The summed E-state index contributed by atoms with van der Waals surface area (Å²) in [5, 5.41) is 13.3. The van der Waals surface area contributed by atoms with Gasteiger partial charge in [-0.2, -0.15) is 0 Å². The van der Waals surface area contributed by atoms with Crippen LogP contribution in [-0.4, -0.2) is 72.9 Å². The van der Waals surface area contributed by atoms with E-state index in [2.05, 4.69) is 32.2 Å². The standard InChI is InChI=1S/C18H24BrN3O3/c19-12-1-2-15-14(9-12)18-13(16(11-23)20-15)3-4-22(18)17(24)10-21-5-7-25-8-6-21/h1-2,9,13,16,18,20,23H,3-8,10-11H2/t13-,16+,18-/m0/s1. The predicted molar refractivity (Wildman–Crippen MR) is 98.5 cm³/mol. The molecule has 1 amide bonds. The highest BCUT2D eigenvalue weighted by Gasteiger charge is 2.45. The number of rotatable bonds is 3.